The molecule has 0 atom stereocenters. The maximum absolute atomic E-state index is 11.1. The molecule has 1 rings (SSSR count). The summed E-state index contributed by atoms with van der Waals surface area (Å²) < 4.78 is 5.42. The second kappa shape index (κ2) is 6.83. The Balaban J connectivity index is 2.89. The first-order chi connectivity index (χ1) is 8.97. The van der Waals surface area contributed by atoms with Crippen LogP contribution in [0, 0.1) is 10.1 Å². The molecular formula is C11H19N5O3. The van der Waals surface area contributed by atoms with Crippen LogP contribution in [-0.2, 0) is 4.74 Å². The summed E-state index contributed by atoms with van der Waals surface area (Å²) in [6.45, 7) is 4.86. The highest BCUT2D eigenvalue weighted by Gasteiger charge is 2.24. The third-order valence-electron chi connectivity index (χ3n) is 2.46. The second-order valence-corrected chi connectivity index (χ2v) is 4.24. The van der Waals surface area contributed by atoms with Crippen molar-refractivity contribution in [2.45, 2.75) is 20.0 Å². The molecule has 0 aliphatic carbocycles. The highest BCUT2D eigenvalue weighted by atomic mass is 16.6. The second-order valence-electron chi connectivity index (χ2n) is 4.24. The molecule has 0 radical (unpaired) electrons. The van der Waals surface area contributed by atoms with Crippen molar-refractivity contribution in [2.75, 3.05) is 37.5 Å². The summed E-state index contributed by atoms with van der Waals surface area (Å²) in [6, 6.07) is 0. The minimum absolute atomic E-state index is 0.127. The zero-order valence-corrected chi connectivity index (χ0v) is 11.6. The van der Waals surface area contributed by atoms with E-state index in [1.165, 1.54) is 6.33 Å². The summed E-state index contributed by atoms with van der Waals surface area (Å²) in [4.78, 5) is 20.1. The van der Waals surface area contributed by atoms with Gasteiger partial charge in [-0.05, 0) is 13.8 Å². The lowest BCUT2D eigenvalue weighted by Crippen LogP contribution is -2.26. The van der Waals surface area contributed by atoms with E-state index >= 15 is 0 Å². The summed E-state index contributed by atoms with van der Waals surface area (Å²) in [5.41, 5.74) is -0.128. The van der Waals surface area contributed by atoms with Crippen LogP contribution >= 0.6 is 0 Å². The van der Waals surface area contributed by atoms with Gasteiger partial charge in [0.2, 0.25) is 11.6 Å². The first-order valence-corrected chi connectivity index (χ1v) is 5.97. The number of hydrogen-bond donors (Lipinski definition) is 1. The molecule has 1 heterocycles. The predicted octanol–water partition coefficient (Wildman–Crippen LogP) is 1.29. The molecule has 0 aromatic carbocycles. The Bertz CT molecular complexity index is 438. The minimum Gasteiger partial charge on any atom is -0.377 e. The van der Waals surface area contributed by atoms with E-state index in [1.54, 1.807) is 19.0 Å². The van der Waals surface area contributed by atoms with E-state index in [9.17, 15) is 10.1 Å². The molecular weight excluding hydrogens is 250 g/mol. The monoisotopic (exact) mass is 269 g/mol. The fourth-order valence-electron chi connectivity index (χ4n) is 1.53. The van der Waals surface area contributed by atoms with Crippen LogP contribution in [0.1, 0.15) is 13.8 Å². The Kier molecular flexibility index (Phi) is 5.43. The molecule has 0 saturated heterocycles. The molecule has 8 nitrogen and oxygen atoms in total. The smallest absolute Gasteiger partial charge is 0.353 e. The first kappa shape index (κ1) is 15.1. The van der Waals surface area contributed by atoms with Gasteiger partial charge in [0.05, 0.1) is 17.6 Å². The van der Waals surface area contributed by atoms with Crippen molar-refractivity contribution < 1.29 is 9.66 Å². The number of hydrogen-bond acceptors (Lipinski definition) is 7. The van der Waals surface area contributed by atoms with Crippen LogP contribution in [0.15, 0.2) is 6.33 Å². The average Bonchev–Trinajstić information content (AvgIpc) is 2.36. The van der Waals surface area contributed by atoms with Gasteiger partial charge in [-0.1, -0.05) is 0 Å². The largest absolute Gasteiger partial charge is 0.377 e. The maximum Gasteiger partial charge on any atom is 0.353 e. The summed E-state index contributed by atoms with van der Waals surface area (Å²) >= 11 is 0. The molecule has 1 aromatic heterocycles. The van der Waals surface area contributed by atoms with Gasteiger partial charge in [0.1, 0.15) is 6.33 Å². The Morgan fingerprint density at radius 3 is 2.74 bits per heavy atom. The van der Waals surface area contributed by atoms with Gasteiger partial charge >= 0.3 is 5.69 Å². The van der Waals surface area contributed by atoms with Gasteiger partial charge in [-0.3, -0.25) is 10.1 Å². The Morgan fingerprint density at radius 2 is 2.21 bits per heavy atom. The van der Waals surface area contributed by atoms with Crippen LogP contribution in [0.3, 0.4) is 0 Å². The van der Waals surface area contributed by atoms with Gasteiger partial charge in [-0.2, -0.15) is 0 Å². The lowest BCUT2D eigenvalue weighted by molar-refractivity contribution is -0.383. The van der Waals surface area contributed by atoms with Crippen molar-refractivity contribution >= 4 is 17.3 Å². The summed E-state index contributed by atoms with van der Waals surface area (Å²) in [7, 11) is 3.32. The molecule has 0 aliphatic rings. The number of nitrogens with zero attached hydrogens (tertiary/aromatic N) is 4. The quantitative estimate of drug-likeness (QED) is 0.588. The van der Waals surface area contributed by atoms with Crippen LogP contribution in [0.4, 0.5) is 17.3 Å². The summed E-state index contributed by atoms with van der Waals surface area (Å²) in [5, 5.41) is 13.8. The fourth-order valence-corrected chi connectivity index (χ4v) is 1.53. The van der Waals surface area contributed by atoms with Crippen molar-refractivity contribution in [3.63, 3.8) is 0 Å². The number of rotatable bonds is 7. The number of aromatic nitrogens is 2. The Hall–Kier alpha value is -1.96. The molecule has 0 amide bonds. The average molecular weight is 269 g/mol. The van der Waals surface area contributed by atoms with E-state index in [4.69, 9.17) is 4.74 Å². The topological polar surface area (TPSA) is 93.4 Å². The molecule has 0 saturated carbocycles. The van der Waals surface area contributed by atoms with Crippen LogP contribution in [-0.4, -0.2) is 48.2 Å². The molecule has 0 unspecified atom stereocenters. The van der Waals surface area contributed by atoms with Crippen LogP contribution in [0.2, 0.25) is 0 Å². The molecule has 1 N–H and O–H groups in total. The molecule has 106 valence electrons. The van der Waals surface area contributed by atoms with Crippen molar-refractivity contribution in [3.05, 3.63) is 16.4 Å². The van der Waals surface area contributed by atoms with Gasteiger partial charge in [0, 0.05) is 20.6 Å². The van der Waals surface area contributed by atoms with E-state index in [1.807, 2.05) is 13.8 Å². The zero-order chi connectivity index (χ0) is 14.4. The SMILES string of the molecule is CNc1ncnc(N(C)CCOC(C)C)c1[N+](=O)[O-]. The van der Waals surface area contributed by atoms with E-state index < -0.39 is 4.92 Å². The predicted molar refractivity (Wildman–Crippen MR) is 72.6 cm³/mol. The minimum atomic E-state index is -0.485. The molecule has 8 heteroatoms. The molecule has 0 fully saturated rings. The molecule has 0 bridgehead atoms. The highest BCUT2D eigenvalue weighted by Crippen LogP contribution is 2.30. The van der Waals surface area contributed by atoms with Crippen molar-refractivity contribution in [3.8, 4) is 0 Å². The van der Waals surface area contributed by atoms with E-state index in [0.717, 1.165) is 0 Å². The van der Waals surface area contributed by atoms with Crippen LogP contribution < -0.4 is 10.2 Å². The van der Waals surface area contributed by atoms with Gasteiger partial charge in [-0.15, -0.1) is 0 Å². The molecule has 1 aromatic rings. The normalized spacial score (nSPS) is 10.6. The number of nitro groups is 1. The van der Waals surface area contributed by atoms with E-state index in [-0.39, 0.29) is 23.4 Å². The van der Waals surface area contributed by atoms with Crippen LogP contribution in [0.5, 0.6) is 0 Å². The van der Waals surface area contributed by atoms with Crippen molar-refractivity contribution in [1.82, 2.24) is 9.97 Å². The molecule has 19 heavy (non-hydrogen) atoms. The van der Waals surface area contributed by atoms with Gasteiger partial charge in [0.25, 0.3) is 0 Å². The van der Waals surface area contributed by atoms with Crippen LogP contribution in [0.25, 0.3) is 0 Å². The third kappa shape index (κ3) is 4.02. The number of likely N-dealkylation sites (N-methyl/N-ethyl adjacent to an activating group) is 1. The van der Waals surface area contributed by atoms with Gasteiger partial charge < -0.3 is 15.0 Å². The number of nitrogens with one attached hydrogen (secondary N) is 1. The lowest BCUT2D eigenvalue weighted by atomic mass is 10.4. The van der Waals surface area contributed by atoms with Crippen molar-refractivity contribution in [1.29, 1.82) is 0 Å². The Morgan fingerprint density at radius 1 is 1.53 bits per heavy atom. The molecule has 0 spiro atoms. The fraction of sp³-hybridized carbons (Fsp3) is 0.636. The van der Waals surface area contributed by atoms with Gasteiger partial charge in [-0.25, -0.2) is 9.97 Å². The van der Waals surface area contributed by atoms with E-state index in [2.05, 4.69) is 15.3 Å². The lowest BCUT2D eigenvalue weighted by Gasteiger charge is -2.19. The zero-order valence-electron chi connectivity index (χ0n) is 11.6. The standard InChI is InChI=1S/C11H19N5O3/c1-8(2)19-6-5-15(4)11-9(16(17)18)10(12-3)13-7-14-11/h7-8H,5-6H2,1-4H3,(H,12,13,14). The summed E-state index contributed by atoms with van der Waals surface area (Å²) in [6.07, 6.45) is 1.43. The highest BCUT2D eigenvalue weighted by molar-refractivity contribution is 5.69. The summed E-state index contributed by atoms with van der Waals surface area (Å²) in [5.74, 6) is 0.475. The number of anilines is 2. The maximum atomic E-state index is 11.1. The first-order valence-electron chi connectivity index (χ1n) is 5.97. The van der Waals surface area contributed by atoms with Gasteiger partial charge in [0.15, 0.2) is 0 Å². The number of ether oxygens (including phenoxy) is 1. The third-order valence-corrected chi connectivity index (χ3v) is 2.46. The Labute approximate surface area is 112 Å². The van der Waals surface area contributed by atoms with E-state index in [0.29, 0.717) is 13.2 Å². The molecule has 0 aliphatic heterocycles. The van der Waals surface area contributed by atoms with Crippen molar-refractivity contribution in [2.24, 2.45) is 0 Å².